The van der Waals surface area contributed by atoms with Crippen molar-refractivity contribution in [3.8, 4) is 0 Å². The molecule has 3 atom stereocenters. The predicted octanol–water partition coefficient (Wildman–Crippen LogP) is 4.42. The van der Waals surface area contributed by atoms with E-state index in [1.54, 1.807) is 0 Å². The van der Waals surface area contributed by atoms with Gasteiger partial charge in [0, 0.05) is 0 Å². The molecule has 1 fully saturated rings. The van der Waals surface area contributed by atoms with Crippen LogP contribution in [0.25, 0.3) is 0 Å². The zero-order chi connectivity index (χ0) is 10.3. The first-order valence-electron chi connectivity index (χ1n) is 5.73. The van der Waals surface area contributed by atoms with Gasteiger partial charge in [0.2, 0.25) is 0 Å². The normalized spacial score (nSPS) is 40.7. The molecule has 0 aromatic heterocycles. The van der Waals surface area contributed by atoms with Gasteiger partial charge >= 0.3 is 96.5 Å². The molecule has 3 unspecified atom stereocenters. The number of fused-ring (bicyclic) bond motifs is 1. The molecule has 1 saturated carbocycles. The second kappa shape index (κ2) is 3.74. The van der Waals surface area contributed by atoms with Crippen molar-refractivity contribution in [1.29, 1.82) is 0 Å². The quantitative estimate of drug-likeness (QED) is 0.660. The molecular weight excluding hydrogens is 247 g/mol. The van der Waals surface area contributed by atoms with Gasteiger partial charge in [-0.25, -0.2) is 0 Å². The van der Waals surface area contributed by atoms with Crippen molar-refractivity contribution >= 4 is 0 Å². The Bertz CT molecular complexity index is 288. The van der Waals surface area contributed by atoms with Gasteiger partial charge in [-0.1, -0.05) is 0 Å². The summed E-state index contributed by atoms with van der Waals surface area (Å²) in [6.07, 6.45) is 9.84. The first-order valence-corrected chi connectivity index (χ1v) is 11.9. The van der Waals surface area contributed by atoms with E-state index in [9.17, 15) is 0 Å². The summed E-state index contributed by atoms with van der Waals surface area (Å²) in [6.45, 7) is 5.00. The van der Waals surface area contributed by atoms with Gasteiger partial charge in [-0.3, -0.25) is 0 Å². The Labute approximate surface area is 96.1 Å². The summed E-state index contributed by atoms with van der Waals surface area (Å²) < 4.78 is 5.80. The summed E-state index contributed by atoms with van der Waals surface area (Å²) in [7, 11) is 0. The Balaban J connectivity index is 2.37. The maximum absolute atomic E-state index is 2.57. The molecule has 2 aliphatic rings. The third-order valence-corrected chi connectivity index (χ3v) is 11.0. The molecule has 0 amide bonds. The molecule has 2 rings (SSSR count). The van der Waals surface area contributed by atoms with Gasteiger partial charge in [0.25, 0.3) is 0 Å². The van der Waals surface area contributed by atoms with Gasteiger partial charge in [-0.15, -0.1) is 0 Å². The fourth-order valence-electron chi connectivity index (χ4n) is 3.18. The van der Waals surface area contributed by atoms with Gasteiger partial charge in [0.1, 0.15) is 0 Å². The summed E-state index contributed by atoms with van der Waals surface area (Å²) in [6, 6.07) is 0. The van der Waals surface area contributed by atoms with Crippen molar-refractivity contribution in [2.24, 2.45) is 11.8 Å². The Kier molecular flexibility index (Phi) is 2.90. The molecule has 2 aliphatic carbocycles. The van der Waals surface area contributed by atoms with Crippen molar-refractivity contribution in [1.82, 2.24) is 0 Å². The first-order chi connectivity index (χ1) is 6.55. The Morgan fingerprint density at radius 3 is 2.79 bits per heavy atom. The molecule has 77 valence electrons. The van der Waals surface area contributed by atoms with Crippen LogP contribution in [0.4, 0.5) is 0 Å². The van der Waals surface area contributed by atoms with Crippen LogP contribution >= 0.6 is 0 Å². The third kappa shape index (κ3) is 1.52. The Hall–Kier alpha value is 0.363. The van der Waals surface area contributed by atoms with Gasteiger partial charge in [-0.2, -0.15) is 0 Å². The molecular formula is C13H21Zr. The fourth-order valence-corrected chi connectivity index (χ4v) is 7.05. The minimum atomic E-state index is -1.13. The van der Waals surface area contributed by atoms with Crippen LogP contribution < -0.4 is 0 Å². The Morgan fingerprint density at radius 1 is 1.43 bits per heavy atom. The molecule has 0 aromatic carbocycles. The topological polar surface area (TPSA) is 0 Å². The summed E-state index contributed by atoms with van der Waals surface area (Å²) in [4.78, 5) is 0. The van der Waals surface area contributed by atoms with Crippen LogP contribution in [0.15, 0.2) is 23.8 Å². The van der Waals surface area contributed by atoms with Crippen LogP contribution in [0, 0.1) is 11.8 Å². The standard InChI is InChI=1S/C11H15.2CH3.Zr/c1-8-7-9(2)11-6-4-3-5-10(8)11;;;/h3-5,9,11H,6-7H2,1-2H3;2*1H3;. The summed E-state index contributed by atoms with van der Waals surface area (Å²) >= 11 is -1.13. The van der Waals surface area contributed by atoms with E-state index in [-0.39, 0.29) is 0 Å². The number of hydrogen-bond acceptors (Lipinski definition) is 0. The SMILES string of the molecule is CC1C[C](C)([Zr]([CH3])[CH3])C2=CC=CCC21. The second-order valence-corrected chi connectivity index (χ2v) is 13.0. The van der Waals surface area contributed by atoms with Crippen LogP contribution in [0.3, 0.4) is 0 Å². The molecule has 0 spiro atoms. The van der Waals surface area contributed by atoms with Gasteiger partial charge in [0.05, 0.1) is 0 Å². The van der Waals surface area contributed by atoms with E-state index in [1.165, 1.54) is 12.8 Å². The molecule has 0 N–H and O–H groups in total. The number of allylic oxidation sites excluding steroid dienone is 4. The van der Waals surface area contributed by atoms with Crippen molar-refractivity contribution in [3.05, 3.63) is 23.8 Å². The van der Waals surface area contributed by atoms with Crippen molar-refractivity contribution in [2.75, 3.05) is 0 Å². The number of rotatable bonds is 1. The van der Waals surface area contributed by atoms with Crippen molar-refractivity contribution in [3.63, 3.8) is 0 Å². The van der Waals surface area contributed by atoms with Gasteiger partial charge in [-0.05, 0) is 0 Å². The monoisotopic (exact) mass is 267 g/mol. The molecule has 14 heavy (non-hydrogen) atoms. The molecule has 0 bridgehead atoms. The Morgan fingerprint density at radius 2 is 2.14 bits per heavy atom. The molecule has 0 aromatic rings. The van der Waals surface area contributed by atoms with Crippen LogP contribution in [0.2, 0.25) is 12.4 Å². The van der Waals surface area contributed by atoms with Gasteiger partial charge in [0.15, 0.2) is 0 Å². The van der Waals surface area contributed by atoms with E-state index >= 15 is 0 Å². The van der Waals surface area contributed by atoms with Crippen LogP contribution in [0.5, 0.6) is 0 Å². The zero-order valence-corrected chi connectivity index (χ0v) is 12.3. The first kappa shape index (κ1) is 10.9. The summed E-state index contributed by atoms with van der Waals surface area (Å²) in [5.41, 5.74) is 1.81. The summed E-state index contributed by atoms with van der Waals surface area (Å²) in [5.74, 6) is 1.81. The average molecular weight is 269 g/mol. The molecule has 0 nitrogen and oxygen atoms in total. The van der Waals surface area contributed by atoms with E-state index in [4.69, 9.17) is 0 Å². The summed E-state index contributed by atoms with van der Waals surface area (Å²) in [5, 5.41) is 0. The second-order valence-electron chi connectivity index (χ2n) is 5.41. The van der Waals surface area contributed by atoms with E-state index in [0.29, 0.717) is 3.12 Å². The minimum absolute atomic E-state index is 0.664. The molecule has 0 aliphatic heterocycles. The predicted molar refractivity (Wildman–Crippen MR) is 59.2 cm³/mol. The fraction of sp³-hybridized carbons (Fsp3) is 0.692. The molecule has 0 heterocycles. The van der Waals surface area contributed by atoms with E-state index in [0.717, 1.165) is 11.8 Å². The molecule has 1 heteroatoms. The molecule has 0 saturated heterocycles. The van der Waals surface area contributed by atoms with Crippen molar-refractivity contribution < 1.29 is 21.8 Å². The average Bonchev–Trinajstić information content (AvgIpc) is 2.42. The van der Waals surface area contributed by atoms with E-state index in [1.807, 2.05) is 5.57 Å². The number of hydrogen-bond donors (Lipinski definition) is 0. The van der Waals surface area contributed by atoms with E-state index < -0.39 is 21.8 Å². The van der Waals surface area contributed by atoms with Crippen LogP contribution in [0.1, 0.15) is 26.7 Å². The van der Waals surface area contributed by atoms with Gasteiger partial charge < -0.3 is 0 Å². The van der Waals surface area contributed by atoms with Crippen LogP contribution in [-0.2, 0) is 21.8 Å². The van der Waals surface area contributed by atoms with Crippen molar-refractivity contribution in [2.45, 2.75) is 39.1 Å². The third-order valence-electron chi connectivity index (χ3n) is 4.36. The zero-order valence-electron chi connectivity index (χ0n) is 9.80. The van der Waals surface area contributed by atoms with E-state index in [2.05, 4.69) is 41.3 Å². The molecule has 0 radical (unpaired) electrons. The maximum atomic E-state index is 2.57. The van der Waals surface area contributed by atoms with Crippen LogP contribution in [-0.4, -0.2) is 0 Å².